The molecule has 1 aromatic carbocycles. The van der Waals surface area contributed by atoms with E-state index in [1.807, 2.05) is 0 Å². The van der Waals surface area contributed by atoms with Gasteiger partial charge in [0.15, 0.2) is 5.54 Å². The quantitative estimate of drug-likeness (QED) is 0.506. The van der Waals surface area contributed by atoms with Gasteiger partial charge in [0.25, 0.3) is 11.8 Å². The van der Waals surface area contributed by atoms with Crippen molar-refractivity contribution in [3.63, 3.8) is 0 Å². The molecule has 2 saturated heterocycles. The molecule has 3 aliphatic heterocycles. The Labute approximate surface area is 188 Å². The number of anilines is 1. The number of rotatable bonds is 2. The smallest absolute Gasteiger partial charge is 0.408 e. The van der Waals surface area contributed by atoms with Gasteiger partial charge in [-0.15, -0.1) is 0 Å². The van der Waals surface area contributed by atoms with Crippen LogP contribution in [0.4, 0.5) is 32.7 Å². The number of carbonyl (C=O) groups is 2. The fraction of sp³-hybridized carbons (Fsp3) is 0.429. The number of hydrogen-bond acceptors (Lipinski definition) is 6. The van der Waals surface area contributed by atoms with Gasteiger partial charge in [0.05, 0.1) is 5.69 Å². The molecule has 2 aromatic rings. The van der Waals surface area contributed by atoms with Gasteiger partial charge in [-0.05, 0) is 18.9 Å². The van der Waals surface area contributed by atoms with Gasteiger partial charge in [-0.1, -0.05) is 12.1 Å². The Morgan fingerprint density at radius 1 is 1.18 bits per heavy atom. The SMILES string of the molecule is O=C1NC(=O)[C@@]2(COc3cc(-c4nc(N5CC[C@@H]5C(F)(F)F)nc5c4CCC5(F)F)ccc32)N1. The van der Waals surface area contributed by atoms with Gasteiger partial charge in [0, 0.05) is 29.7 Å². The van der Waals surface area contributed by atoms with E-state index < -0.39 is 53.7 Å². The van der Waals surface area contributed by atoms with Crippen molar-refractivity contribution in [3.8, 4) is 17.0 Å². The van der Waals surface area contributed by atoms with Gasteiger partial charge in [-0.25, -0.2) is 14.8 Å². The Hall–Kier alpha value is -3.51. The zero-order valence-corrected chi connectivity index (χ0v) is 17.3. The summed E-state index contributed by atoms with van der Waals surface area (Å²) in [4.78, 5) is 33.0. The maximum Gasteiger partial charge on any atom is 0.408 e. The monoisotopic (exact) mass is 481 g/mol. The highest BCUT2D eigenvalue weighted by atomic mass is 19.4. The molecular formula is C21H16F5N5O3. The minimum Gasteiger partial charge on any atom is -0.490 e. The third-order valence-corrected chi connectivity index (χ3v) is 6.79. The summed E-state index contributed by atoms with van der Waals surface area (Å²) in [6.45, 7) is -0.159. The maximum atomic E-state index is 14.6. The van der Waals surface area contributed by atoms with Crippen LogP contribution in [0.2, 0.25) is 0 Å². The molecule has 2 fully saturated rings. The van der Waals surface area contributed by atoms with Crippen LogP contribution in [0.15, 0.2) is 18.2 Å². The third-order valence-electron chi connectivity index (χ3n) is 6.79. The average molecular weight is 481 g/mol. The Bertz CT molecular complexity index is 1270. The summed E-state index contributed by atoms with van der Waals surface area (Å²) in [7, 11) is 0. The van der Waals surface area contributed by atoms with Crippen molar-refractivity contribution in [3.05, 3.63) is 35.0 Å². The number of carbonyl (C=O) groups excluding carboxylic acids is 2. The largest absolute Gasteiger partial charge is 0.490 e. The van der Waals surface area contributed by atoms with Crippen molar-refractivity contribution in [1.82, 2.24) is 20.6 Å². The van der Waals surface area contributed by atoms with E-state index in [4.69, 9.17) is 4.74 Å². The molecule has 2 atom stereocenters. The number of amides is 3. The van der Waals surface area contributed by atoms with Crippen LogP contribution < -0.4 is 20.3 Å². The first-order valence-corrected chi connectivity index (χ1v) is 10.5. The lowest BCUT2D eigenvalue weighted by Crippen LogP contribution is -2.56. The predicted octanol–water partition coefficient (Wildman–Crippen LogP) is 2.75. The Morgan fingerprint density at radius 3 is 2.62 bits per heavy atom. The van der Waals surface area contributed by atoms with E-state index in [0.717, 1.165) is 4.90 Å². The van der Waals surface area contributed by atoms with Crippen molar-refractivity contribution in [1.29, 1.82) is 0 Å². The second-order valence-electron chi connectivity index (χ2n) is 8.76. The number of hydrogen-bond donors (Lipinski definition) is 2. The van der Waals surface area contributed by atoms with Crippen LogP contribution in [0.25, 0.3) is 11.3 Å². The Kier molecular flexibility index (Phi) is 4.05. The average Bonchev–Trinajstić information content (AvgIpc) is 3.33. The third kappa shape index (κ3) is 2.81. The number of halogens is 5. The molecule has 3 amide bonds. The number of nitrogens with zero attached hydrogens (tertiary/aromatic N) is 3. The minimum absolute atomic E-state index is 0.00139. The van der Waals surface area contributed by atoms with Gasteiger partial charge >= 0.3 is 12.2 Å². The highest BCUT2D eigenvalue weighted by molar-refractivity contribution is 6.08. The number of imide groups is 1. The van der Waals surface area contributed by atoms with Crippen LogP contribution >= 0.6 is 0 Å². The maximum absolute atomic E-state index is 14.6. The molecule has 1 aliphatic carbocycles. The summed E-state index contributed by atoms with van der Waals surface area (Å²) in [6.07, 6.45) is -5.27. The van der Waals surface area contributed by atoms with Crippen molar-refractivity contribution in [2.24, 2.45) is 0 Å². The van der Waals surface area contributed by atoms with Crippen molar-refractivity contribution < 1.29 is 36.3 Å². The second-order valence-corrected chi connectivity index (χ2v) is 8.76. The molecule has 0 saturated carbocycles. The number of ether oxygens (including phenoxy) is 1. The Morgan fingerprint density at radius 2 is 1.97 bits per heavy atom. The van der Waals surface area contributed by atoms with Crippen LogP contribution in [0.5, 0.6) is 5.75 Å². The van der Waals surface area contributed by atoms with E-state index in [1.165, 1.54) is 18.2 Å². The van der Waals surface area contributed by atoms with E-state index in [1.54, 1.807) is 0 Å². The molecule has 6 rings (SSSR count). The number of fused-ring (bicyclic) bond motifs is 3. The molecule has 4 heterocycles. The lowest BCUT2D eigenvalue weighted by Gasteiger charge is -2.42. The lowest BCUT2D eigenvalue weighted by atomic mass is 9.91. The van der Waals surface area contributed by atoms with E-state index in [2.05, 4.69) is 20.6 Å². The summed E-state index contributed by atoms with van der Waals surface area (Å²) >= 11 is 0. The fourth-order valence-corrected chi connectivity index (χ4v) is 4.93. The zero-order valence-electron chi connectivity index (χ0n) is 17.3. The van der Waals surface area contributed by atoms with Gasteiger partial charge in [0.2, 0.25) is 5.95 Å². The molecule has 1 spiro atoms. The second kappa shape index (κ2) is 6.54. The number of nitrogens with one attached hydrogen (secondary N) is 2. The highest BCUT2D eigenvalue weighted by Crippen LogP contribution is 2.47. The summed E-state index contributed by atoms with van der Waals surface area (Å²) in [5.74, 6) is -4.02. The van der Waals surface area contributed by atoms with Crippen molar-refractivity contribution >= 4 is 17.9 Å². The van der Waals surface area contributed by atoms with Crippen LogP contribution in [0.3, 0.4) is 0 Å². The van der Waals surface area contributed by atoms with Crippen LogP contribution in [-0.4, -0.2) is 47.3 Å². The molecule has 0 radical (unpaired) electrons. The molecule has 178 valence electrons. The molecule has 8 nitrogen and oxygen atoms in total. The van der Waals surface area contributed by atoms with Gasteiger partial charge < -0.3 is 15.0 Å². The van der Waals surface area contributed by atoms with Crippen LogP contribution in [0, 0.1) is 0 Å². The zero-order chi connectivity index (χ0) is 24.0. The standard InChI is InChI=1S/C21H16F5N5O3/c22-20(23)5-3-10-14(27-17(28-15(10)20)31-6-4-13(31)21(24,25)26)9-1-2-11-12(7-9)34-8-19(11)16(32)29-18(33)30-19/h1-2,7,13H,3-6,8H2,(H2,29,30,32,33)/t13-,19+/m1/s1. The molecule has 1 aromatic heterocycles. The van der Waals surface area contributed by atoms with E-state index >= 15 is 0 Å². The van der Waals surface area contributed by atoms with E-state index in [9.17, 15) is 31.5 Å². The summed E-state index contributed by atoms with van der Waals surface area (Å²) in [5, 5.41) is 4.70. The Balaban J connectivity index is 1.45. The highest BCUT2D eigenvalue weighted by Gasteiger charge is 2.54. The number of alkyl halides is 5. The van der Waals surface area contributed by atoms with Crippen LogP contribution in [0.1, 0.15) is 29.7 Å². The van der Waals surface area contributed by atoms with Gasteiger partial charge in [-0.3, -0.25) is 10.1 Å². The molecular weight excluding hydrogens is 465 g/mol. The topological polar surface area (TPSA) is 96.5 Å². The van der Waals surface area contributed by atoms with Crippen molar-refractivity contribution in [2.45, 2.75) is 42.9 Å². The first kappa shape index (κ1) is 21.1. The van der Waals surface area contributed by atoms with Crippen LogP contribution in [-0.2, 0) is 22.7 Å². The summed E-state index contributed by atoms with van der Waals surface area (Å²) in [5.41, 5.74) is -0.984. The predicted molar refractivity (Wildman–Crippen MR) is 105 cm³/mol. The molecule has 0 unspecified atom stereocenters. The van der Waals surface area contributed by atoms with Crippen molar-refractivity contribution in [2.75, 3.05) is 18.1 Å². The molecule has 13 heteroatoms. The summed E-state index contributed by atoms with van der Waals surface area (Å²) < 4.78 is 74.7. The fourth-order valence-electron chi connectivity index (χ4n) is 4.93. The normalized spacial score (nSPS) is 26.6. The molecule has 0 bridgehead atoms. The minimum atomic E-state index is -4.54. The number of aromatic nitrogens is 2. The summed E-state index contributed by atoms with van der Waals surface area (Å²) in [6, 6.07) is 2.03. The number of benzene rings is 1. The molecule has 4 aliphatic rings. The van der Waals surface area contributed by atoms with Gasteiger partial charge in [-0.2, -0.15) is 22.0 Å². The first-order chi connectivity index (χ1) is 16.0. The molecule has 34 heavy (non-hydrogen) atoms. The lowest BCUT2D eigenvalue weighted by molar-refractivity contribution is -0.160. The van der Waals surface area contributed by atoms with Gasteiger partial charge in [0.1, 0.15) is 24.1 Å². The first-order valence-electron chi connectivity index (χ1n) is 10.5. The van der Waals surface area contributed by atoms with E-state index in [-0.39, 0.29) is 43.0 Å². The number of urea groups is 1. The molecule has 2 N–H and O–H groups in total. The van der Waals surface area contributed by atoms with E-state index in [0.29, 0.717) is 11.1 Å².